The van der Waals surface area contributed by atoms with Crippen LogP contribution in [0.15, 0.2) is 47.1 Å². The Morgan fingerprint density at radius 2 is 2.00 bits per heavy atom. The minimum Gasteiger partial charge on any atom is -0.397 e. The maximum absolute atomic E-state index is 13.4. The molecular formula is C15H10BrClFN3. The molecule has 21 heavy (non-hydrogen) atoms. The number of fused-ring (bicyclic) bond motifs is 1. The normalized spacial score (nSPS) is 10.8. The Balaban J connectivity index is 2.11. The van der Waals surface area contributed by atoms with Crippen molar-refractivity contribution in [1.29, 1.82) is 0 Å². The van der Waals surface area contributed by atoms with Gasteiger partial charge < -0.3 is 11.1 Å². The topological polar surface area (TPSA) is 50.9 Å². The summed E-state index contributed by atoms with van der Waals surface area (Å²) in [7, 11) is 0. The number of aromatic nitrogens is 1. The lowest BCUT2D eigenvalue weighted by Gasteiger charge is -2.12. The van der Waals surface area contributed by atoms with Crippen molar-refractivity contribution in [2.75, 3.05) is 11.1 Å². The number of hydrogen-bond acceptors (Lipinski definition) is 3. The van der Waals surface area contributed by atoms with Crippen LogP contribution in [0.5, 0.6) is 0 Å². The molecule has 6 heteroatoms. The molecule has 1 heterocycles. The summed E-state index contributed by atoms with van der Waals surface area (Å²) in [5.41, 5.74) is 8.23. The number of benzene rings is 2. The number of hydrogen-bond donors (Lipinski definition) is 2. The van der Waals surface area contributed by atoms with Crippen molar-refractivity contribution < 1.29 is 4.39 Å². The number of nitrogens with zero attached hydrogens (tertiary/aromatic N) is 1. The van der Waals surface area contributed by atoms with Crippen LogP contribution in [-0.2, 0) is 0 Å². The van der Waals surface area contributed by atoms with Crippen LogP contribution in [0.4, 0.5) is 21.5 Å². The van der Waals surface area contributed by atoms with Gasteiger partial charge in [-0.1, -0.05) is 11.6 Å². The zero-order chi connectivity index (χ0) is 15.0. The third kappa shape index (κ3) is 2.66. The first-order valence-electron chi connectivity index (χ1n) is 6.11. The second-order valence-electron chi connectivity index (χ2n) is 4.47. The Morgan fingerprint density at radius 1 is 1.19 bits per heavy atom. The Kier molecular flexibility index (Phi) is 3.69. The van der Waals surface area contributed by atoms with E-state index in [1.165, 1.54) is 6.07 Å². The maximum Gasteiger partial charge on any atom is 0.139 e. The van der Waals surface area contributed by atoms with E-state index in [9.17, 15) is 4.39 Å². The smallest absolute Gasteiger partial charge is 0.139 e. The van der Waals surface area contributed by atoms with Gasteiger partial charge in [0.1, 0.15) is 5.82 Å². The maximum atomic E-state index is 13.4. The van der Waals surface area contributed by atoms with Crippen LogP contribution in [0.25, 0.3) is 10.9 Å². The molecular weight excluding hydrogens is 357 g/mol. The molecule has 0 aliphatic heterocycles. The highest BCUT2D eigenvalue weighted by Crippen LogP contribution is 2.33. The highest BCUT2D eigenvalue weighted by molar-refractivity contribution is 9.10. The molecule has 0 atom stereocenters. The molecule has 0 unspecified atom stereocenters. The van der Waals surface area contributed by atoms with Crippen LogP contribution in [0.1, 0.15) is 0 Å². The van der Waals surface area contributed by atoms with Crippen molar-refractivity contribution in [3.63, 3.8) is 0 Å². The summed E-state index contributed by atoms with van der Waals surface area (Å²) in [5.74, 6) is -0.405. The van der Waals surface area contributed by atoms with E-state index in [0.717, 1.165) is 16.6 Å². The first-order chi connectivity index (χ1) is 10.1. The summed E-state index contributed by atoms with van der Waals surface area (Å²) in [6, 6.07) is 10.2. The van der Waals surface area contributed by atoms with E-state index in [-0.39, 0.29) is 0 Å². The number of nitrogens with two attached hydrogens (primary N) is 1. The molecule has 3 aromatic rings. The molecule has 0 aliphatic rings. The number of nitrogens with one attached hydrogen (secondary N) is 1. The molecule has 2 aromatic carbocycles. The van der Waals surface area contributed by atoms with Gasteiger partial charge in [-0.15, -0.1) is 0 Å². The van der Waals surface area contributed by atoms with Gasteiger partial charge in [0, 0.05) is 17.6 Å². The summed E-state index contributed by atoms with van der Waals surface area (Å²) in [4.78, 5) is 4.33. The fourth-order valence-corrected chi connectivity index (χ4v) is 2.61. The van der Waals surface area contributed by atoms with E-state index < -0.39 is 5.82 Å². The van der Waals surface area contributed by atoms with Gasteiger partial charge in [-0.05, 0) is 46.3 Å². The van der Waals surface area contributed by atoms with E-state index in [0.29, 0.717) is 20.9 Å². The van der Waals surface area contributed by atoms with Gasteiger partial charge in [-0.3, -0.25) is 4.98 Å². The van der Waals surface area contributed by atoms with E-state index in [1.807, 2.05) is 18.2 Å². The number of halogens is 3. The van der Waals surface area contributed by atoms with Gasteiger partial charge in [0.25, 0.3) is 0 Å². The second-order valence-corrected chi connectivity index (χ2v) is 5.73. The van der Waals surface area contributed by atoms with Crippen LogP contribution < -0.4 is 11.1 Å². The zero-order valence-corrected chi connectivity index (χ0v) is 13.0. The fourth-order valence-electron chi connectivity index (χ4n) is 2.05. The predicted octanol–water partition coefficient (Wildman–Crippen LogP) is 5.12. The van der Waals surface area contributed by atoms with Crippen molar-refractivity contribution in [3.8, 4) is 0 Å². The Labute approximate surface area is 134 Å². The van der Waals surface area contributed by atoms with Crippen LogP contribution in [-0.4, -0.2) is 4.98 Å². The fraction of sp³-hybridized carbons (Fsp3) is 0. The summed E-state index contributed by atoms with van der Waals surface area (Å²) < 4.78 is 13.8. The van der Waals surface area contributed by atoms with E-state index >= 15 is 0 Å². The molecule has 0 bridgehead atoms. The summed E-state index contributed by atoms with van der Waals surface area (Å²) in [6.45, 7) is 0. The highest BCUT2D eigenvalue weighted by Gasteiger charge is 2.10. The van der Waals surface area contributed by atoms with Crippen LogP contribution in [0.3, 0.4) is 0 Å². The third-order valence-electron chi connectivity index (χ3n) is 3.08. The second kappa shape index (κ2) is 5.50. The predicted molar refractivity (Wildman–Crippen MR) is 88.5 cm³/mol. The lowest BCUT2D eigenvalue weighted by atomic mass is 10.1. The molecule has 0 fully saturated rings. The Bertz CT molecular complexity index is 839. The number of rotatable bonds is 2. The van der Waals surface area contributed by atoms with Crippen LogP contribution in [0, 0.1) is 5.82 Å². The molecule has 0 spiro atoms. The van der Waals surface area contributed by atoms with Crippen molar-refractivity contribution in [1.82, 2.24) is 4.98 Å². The molecule has 106 valence electrons. The molecule has 3 nitrogen and oxygen atoms in total. The summed E-state index contributed by atoms with van der Waals surface area (Å²) in [6.07, 6.45) is 1.69. The number of anilines is 3. The number of pyridine rings is 1. The lowest BCUT2D eigenvalue weighted by molar-refractivity contribution is 0.622. The summed E-state index contributed by atoms with van der Waals surface area (Å²) in [5, 5.41) is 4.63. The van der Waals surface area contributed by atoms with Gasteiger partial charge in [0.2, 0.25) is 0 Å². The van der Waals surface area contributed by atoms with Gasteiger partial charge in [-0.25, -0.2) is 4.39 Å². The zero-order valence-electron chi connectivity index (χ0n) is 10.7. The van der Waals surface area contributed by atoms with Crippen molar-refractivity contribution >= 4 is 55.5 Å². The lowest BCUT2D eigenvalue weighted by Crippen LogP contribution is -1.99. The van der Waals surface area contributed by atoms with E-state index in [1.54, 1.807) is 18.3 Å². The summed E-state index contributed by atoms with van der Waals surface area (Å²) >= 11 is 9.31. The molecule has 0 aliphatic carbocycles. The average Bonchev–Trinajstić information content (AvgIpc) is 2.48. The SMILES string of the molecule is Nc1cc(F)c(Br)cc1Nc1ccc(Cl)c2cccnc12. The van der Waals surface area contributed by atoms with E-state index in [4.69, 9.17) is 17.3 Å². The largest absolute Gasteiger partial charge is 0.397 e. The van der Waals surface area contributed by atoms with Crippen LogP contribution in [0.2, 0.25) is 5.02 Å². The first-order valence-corrected chi connectivity index (χ1v) is 7.28. The third-order valence-corrected chi connectivity index (χ3v) is 4.02. The molecule has 0 saturated carbocycles. The van der Waals surface area contributed by atoms with Gasteiger partial charge >= 0.3 is 0 Å². The molecule has 3 rings (SSSR count). The molecule has 0 saturated heterocycles. The molecule has 3 N–H and O–H groups in total. The minimum atomic E-state index is -0.405. The minimum absolute atomic E-state index is 0.315. The van der Waals surface area contributed by atoms with E-state index in [2.05, 4.69) is 26.2 Å². The molecule has 0 radical (unpaired) electrons. The first kappa shape index (κ1) is 14.1. The molecule has 0 amide bonds. The van der Waals surface area contributed by atoms with Crippen LogP contribution >= 0.6 is 27.5 Å². The average molecular weight is 367 g/mol. The number of nitrogen functional groups attached to an aromatic ring is 1. The van der Waals surface area contributed by atoms with Crippen molar-refractivity contribution in [3.05, 3.63) is 57.9 Å². The monoisotopic (exact) mass is 365 g/mol. The van der Waals surface area contributed by atoms with Crippen molar-refractivity contribution in [2.24, 2.45) is 0 Å². The Hall–Kier alpha value is -1.85. The van der Waals surface area contributed by atoms with Gasteiger partial charge in [0.05, 0.1) is 32.1 Å². The van der Waals surface area contributed by atoms with Crippen molar-refractivity contribution in [2.45, 2.75) is 0 Å². The highest BCUT2D eigenvalue weighted by atomic mass is 79.9. The Morgan fingerprint density at radius 3 is 2.81 bits per heavy atom. The molecule has 1 aromatic heterocycles. The quantitative estimate of drug-likeness (QED) is 0.619. The van der Waals surface area contributed by atoms with Gasteiger partial charge in [0.15, 0.2) is 0 Å². The standard InChI is InChI=1S/C15H10BrClFN3/c16-9-6-14(12(19)7-11(9)18)21-13-4-3-10(17)8-2-1-5-20-15(8)13/h1-7,21H,19H2. The van der Waals surface area contributed by atoms with Gasteiger partial charge in [-0.2, -0.15) is 0 Å².